The number of aryl methyl sites for hydroxylation is 3. The van der Waals surface area contributed by atoms with Crippen LogP contribution in [-0.2, 0) is 29.4 Å². The Bertz CT molecular complexity index is 976. The van der Waals surface area contributed by atoms with Gasteiger partial charge < -0.3 is 4.57 Å². The van der Waals surface area contributed by atoms with E-state index in [0.29, 0.717) is 5.69 Å². The minimum Gasteiger partial charge on any atom is -0.328 e. The summed E-state index contributed by atoms with van der Waals surface area (Å²) in [6.07, 6.45) is 2.79. The second-order valence-electron chi connectivity index (χ2n) is 6.37. The summed E-state index contributed by atoms with van der Waals surface area (Å²) in [7, 11) is -3.23. The molecular weight excluding hydrogens is 346 g/mol. The predicted molar refractivity (Wildman–Crippen MR) is 107 cm³/mol. The third kappa shape index (κ3) is 4.25. The number of fused-ring (bicyclic) bond motifs is 1. The lowest BCUT2D eigenvalue weighted by Crippen LogP contribution is -2.14. The van der Waals surface area contributed by atoms with E-state index >= 15 is 0 Å². The molecule has 0 amide bonds. The van der Waals surface area contributed by atoms with Crippen LogP contribution in [0.4, 0.5) is 5.69 Å². The molecule has 0 aliphatic rings. The van der Waals surface area contributed by atoms with Crippen molar-refractivity contribution in [2.24, 2.45) is 0 Å². The van der Waals surface area contributed by atoms with E-state index in [-0.39, 0.29) is 5.75 Å². The summed E-state index contributed by atoms with van der Waals surface area (Å²) in [4.78, 5) is 4.79. The zero-order valence-electron chi connectivity index (χ0n) is 15.3. The topological polar surface area (TPSA) is 64.0 Å². The summed E-state index contributed by atoms with van der Waals surface area (Å²) >= 11 is 0. The number of nitrogens with zero attached hydrogens (tertiary/aromatic N) is 2. The van der Waals surface area contributed by atoms with Gasteiger partial charge in [0.2, 0.25) is 10.0 Å². The number of anilines is 1. The van der Waals surface area contributed by atoms with E-state index in [2.05, 4.69) is 34.4 Å². The van der Waals surface area contributed by atoms with Crippen molar-refractivity contribution in [3.63, 3.8) is 0 Å². The SMILES string of the molecule is CCCn1c(CCc2ccc(NS(=O)(=O)CC)cc2)nc2ccccc21. The molecule has 0 saturated carbocycles. The molecule has 0 saturated heterocycles. The molecule has 1 aromatic heterocycles. The second kappa shape index (κ2) is 7.91. The van der Waals surface area contributed by atoms with E-state index in [1.54, 1.807) is 6.92 Å². The van der Waals surface area contributed by atoms with Gasteiger partial charge in [-0.2, -0.15) is 0 Å². The molecule has 2 aromatic carbocycles. The van der Waals surface area contributed by atoms with Crippen LogP contribution in [0.25, 0.3) is 11.0 Å². The Morgan fingerprint density at radius 2 is 1.73 bits per heavy atom. The smallest absolute Gasteiger partial charge is 0.232 e. The van der Waals surface area contributed by atoms with Crippen LogP contribution in [0, 0.1) is 0 Å². The fourth-order valence-electron chi connectivity index (χ4n) is 3.04. The van der Waals surface area contributed by atoms with Gasteiger partial charge in [-0.25, -0.2) is 13.4 Å². The van der Waals surface area contributed by atoms with Crippen molar-refractivity contribution in [2.45, 2.75) is 39.7 Å². The Hall–Kier alpha value is -2.34. The van der Waals surface area contributed by atoms with Gasteiger partial charge in [0, 0.05) is 18.7 Å². The van der Waals surface area contributed by atoms with Gasteiger partial charge in [-0.05, 0) is 49.6 Å². The molecule has 0 radical (unpaired) electrons. The third-order valence-electron chi connectivity index (χ3n) is 4.43. The Morgan fingerprint density at radius 1 is 1.00 bits per heavy atom. The summed E-state index contributed by atoms with van der Waals surface area (Å²) in [5, 5.41) is 0. The zero-order valence-corrected chi connectivity index (χ0v) is 16.1. The van der Waals surface area contributed by atoms with E-state index < -0.39 is 10.0 Å². The Labute approximate surface area is 155 Å². The molecule has 0 spiro atoms. The Balaban J connectivity index is 1.73. The lowest BCUT2D eigenvalue weighted by molar-refractivity contribution is 0.602. The van der Waals surface area contributed by atoms with Gasteiger partial charge in [-0.1, -0.05) is 31.2 Å². The molecule has 0 aliphatic carbocycles. The van der Waals surface area contributed by atoms with Crippen molar-refractivity contribution in [2.75, 3.05) is 10.5 Å². The summed E-state index contributed by atoms with van der Waals surface area (Å²) < 4.78 is 28.1. The monoisotopic (exact) mass is 371 g/mol. The van der Waals surface area contributed by atoms with E-state index in [9.17, 15) is 8.42 Å². The highest BCUT2D eigenvalue weighted by atomic mass is 32.2. The number of hydrogen-bond acceptors (Lipinski definition) is 3. The van der Waals surface area contributed by atoms with Gasteiger partial charge in [0.25, 0.3) is 0 Å². The first-order valence-electron chi connectivity index (χ1n) is 9.06. The second-order valence-corrected chi connectivity index (χ2v) is 8.38. The molecule has 0 fully saturated rings. The number of hydrogen-bond donors (Lipinski definition) is 1. The highest BCUT2D eigenvalue weighted by molar-refractivity contribution is 7.92. The number of imidazole rings is 1. The average Bonchev–Trinajstić information content (AvgIpc) is 2.99. The van der Waals surface area contributed by atoms with Crippen LogP contribution in [0.3, 0.4) is 0 Å². The molecule has 0 unspecified atom stereocenters. The van der Waals surface area contributed by atoms with Crippen molar-refractivity contribution >= 4 is 26.7 Å². The van der Waals surface area contributed by atoms with Crippen LogP contribution in [0.1, 0.15) is 31.7 Å². The molecule has 5 nitrogen and oxygen atoms in total. The maximum Gasteiger partial charge on any atom is 0.232 e. The zero-order chi connectivity index (χ0) is 18.6. The third-order valence-corrected chi connectivity index (χ3v) is 5.73. The molecule has 3 aromatic rings. The van der Waals surface area contributed by atoms with Crippen molar-refractivity contribution in [1.29, 1.82) is 0 Å². The maximum absolute atomic E-state index is 11.6. The fraction of sp³-hybridized carbons (Fsp3) is 0.350. The molecule has 6 heteroatoms. The van der Waals surface area contributed by atoms with Gasteiger partial charge in [0.15, 0.2) is 0 Å². The number of nitrogens with one attached hydrogen (secondary N) is 1. The molecule has 3 rings (SSSR count). The lowest BCUT2D eigenvalue weighted by atomic mass is 10.1. The number of aromatic nitrogens is 2. The number of para-hydroxylation sites is 2. The van der Waals surface area contributed by atoms with E-state index in [0.717, 1.165) is 37.1 Å². The largest absolute Gasteiger partial charge is 0.328 e. The normalized spacial score (nSPS) is 11.8. The number of benzene rings is 2. The minimum absolute atomic E-state index is 0.0718. The van der Waals surface area contributed by atoms with Crippen molar-refractivity contribution < 1.29 is 8.42 Å². The highest BCUT2D eigenvalue weighted by Gasteiger charge is 2.10. The highest BCUT2D eigenvalue weighted by Crippen LogP contribution is 2.19. The first kappa shape index (κ1) is 18.5. The molecule has 1 N–H and O–H groups in total. The Kier molecular flexibility index (Phi) is 5.61. The van der Waals surface area contributed by atoms with Gasteiger partial charge in [-0.3, -0.25) is 4.72 Å². The van der Waals surface area contributed by atoms with Gasteiger partial charge >= 0.3 is 0 Å². The van der Waals surface area contributed by atoms with Crippen molar-refractivity contribution in [3.05, 3.63) is 59.9 Å². The van der Waals surface area contributed by atoms with E-state index in [1.165, 1.54) is 11.1 Å². The molecule has 0 atom stereocenters. The quantitative estimate of drug-likeness (QED) is 0.651. The summed E-state index contributed by atoms with van der Waals surface area (Å²) in [5.41, 5.74) is 4.00. The van der Waals surface area contributed by atoms with Crippen LogP contribution in [0.5, 0.6) is 0 Å². The van der Waals surface area contributed by atoms with Crippen LogP contribution in [0.15, 0.2) is 48.5 Å². The molecule has 138 valence electrons. The Morgan fingerprint density at radius 3 is 2.42 bits per heavy atom. The van der Waals surface area contributed by atoms with Crippen LogP contribution < -0.4 is 4.72 Å². The van der Waals surface area contributed by atoms with Crippen molar-refractivity contribution in [3.8, 4) is 0 Å². The number of rotatable bonds is 8. The molecule has 0 bridgehead atoms. The first-order valence-corrected chi connectivity index (χ1v) is 10.7. The van der Waals surface area contributed by atoms with E-state index in [1.807, 2.05) is 30.3 Å². The van der Waals surface area contributed by atoms with Crippen LogP contribution in [0.2, 0.25) is 0 Å². The fourth-order valence-corrected chi connectivity index (χ4v) is 3.68. The summed E-state index contributed by atoms with van der Waals surface area (Å²) in [6, 6.07) is 15.8. The standard InChI is InChI=1S/C20H25N3O2S/c1-3-15-23-19-8-6-5-7-18(19)21-20(23)14-11-16-9-12-17(13-10-16)22-26(24,25)4-2/h5-10,12-13,22H,3-4,11,14-15H2,1-2H3. The number of sulfonamides is 1. The van der Waals surface area contributed by atoms with E-state index in [4.69, 9.17) is 4.98 Å². The molecule has 1 heterocycles. The minimum atomic E-state index is -3.23. The molecule has 26 heavy (non-hydrogen) atoms. The van der Waals surface area contributed by atoms with Crippen LogP contribution in [-0.4, -0.2) is 23.7 Å². The lowest BCUT2D eigenvalue weighted by Gasteiger charge is -2.09. The molecular formula is C20H25N3O2S. The summed E-state index contributed by atoms with van der Waals surface area (Å²) in [6.45, 7) is 4.77. The maximum atomic E-state index is 11.6. The van der Waals surface area contributed by atoms with Crippen molar-refractivity contribution in [1.82, 2.24) is 9.55 Å². The predicted octanol–water partition coefficient (Wildman–Crippen LogP) is 3.99. The van der Waals surface area contributed by atoms with Gasteiger partial charge in [0.1, 0.15) is 5.82 Å². The average molecular weight is 372 g/mol. The van der Waals surface area contributed by atoms with Gasteiger partial charge in [-0.15, -0.1) is 0 Å². The summed E-state index contributed by atoms with van der Waals surface area (Å²) in [5.74, 6) is 1.17. The van der Waals surface area contributed by atoms with Crippen LogP contribution >= 0.6 is 0 Å². The molecule has 0 aliphatic heterocycles. The van der Waals surface area contributed by atoms with Gasteiger partial charge in [0.05, 0.1) is 16.8 Å². The first-order chi connectivity index (χ1) is 12.5.